The number of carboxylic acid groups (broad SMARTS) is 1. The van der Waals surface area contributed by atoms with Crippen molar-refractivity contribution in [3.8, 4) is 6.07 Å². The number of nitrogens with zero attached hydrogens (tertiary/aromatic N) is 1. The molecule has 0 bridgehead atoms. The number of anilines is 1. The summed E-state index contributed by atoms with van der Waals surface area (Å²) in [5.41, 5.74) is 0.818. The van der Waals surface area contributed by atoms with Gasteiger partial charge in [0.05, 0.1) is 23.1 Å². The quantitative estimate of drug-likeness (QED) is 0.884. The number of nitriles is 1. The van der Waals surface area contributed by atoms with Gasteiger partial charge in [0.2, 0.25) is 5.91 Å². The molecule has 0 unspecified atom stereocenters. The van der Waals surface area contributed by atoms with Gasteiger partial charge in [-0.15, -0.1) is 0 Å². The maximum atomic E-state index is 12.3. The van der Waals surface area contributed by atoms with Gasteiger partial charge in [0.1, 0.15) is 6.07 Å². The van der Waals surface area contributed by atoms with E-state index in [1.54, 1.807) is 24.3 Å². The first-order chi connectivity index (χ1) is 9.63. The Hall–Kier alpha value is -2.35. The van der Waals surface area contributed by atoms with E-state index in [2.05, 4.69) is 5.32 Å². The average Bonchev–Trinajstić information content (AvgIpc) is 2.47. The molecule has 104 valence electrons. The number of carbonyl (C=O) groups is 2. The summed E-state index contributed by atoms with van der Waals surface area (Å²) in [6.45, 7) is 0. The largest absolute Gasteiger partial charge is 0.481 e. The van der Waals surface area contributed by atoms with Crippen molar-refractivity contribution < 1.29 is 14.7 Å². The van der Waals surface area contributed by atoms with E-state index >= 15 is 0 Å². The Morgan fingerprint density at radius 2 is 1.85 bits per heavy atom. The fourth-order valence-corrected chi connectivity index (χ4v) is 2.66. The van der Waals surface area contributed by atoms with Crippen LogP contribution in [-0.2, 0) is 9.59 Å². The molecule has 1 fully saturated rings. The van der Waals surface area contributed by atoms with Crippen molar-refractivity contribution in [1.82, 2.24) is 0 Å². The lowest BCUT2D eigenvalue weighted by Gasteiger charge is -2.27. The number of amides is 1. The van der Waals surface area contributed by atoms with Crippen LogP contribution in [0, 0.1) is 23.2 Å². The third-order valence-corrected chi connectivity index (χ3v) is 3.73. The fourth-order valence-electron chi connectivity index (χ4n) is 2.66. The van der Waals surface area contributed by atoms with Gasteiger partial charge in [-0.2, -0.15) is 5.26 Å². The zero-order valence-electron chi connectivity index (χ0n) is 11.0. The lowest BCUT2D eigenvalue weighted by Crippen LogP contribution is -2.36. The second-order valence-corrected chi connectivity index (χ2v) is 4.98. The van der Waals surface area contributed by atoms with Gasteiger partial charge in [0, 0.05) is 0 Å². The zero-order chi connectivity index (χ0) is 14.5. The molecule has 1 aliphatic rings. The SMILES string of the molecule is N#Cc1ccccc1NC(=O)[C@@H]1CCCC[C@@H]1C(=O)O. The molecule has 5 heteroatoms. The first-order valence-electron chi connectivity index (χ1n) is 6.66. The lowest BCUT2D eigenvalue weighted by molar-refractivity contribution is -0.147. The van der Waals surface area contributed by atoms with Gasteiger partial charge in [-0.05, 0) is 25.0 Å². The number of para-hydroxylation sites is 1. The molecule has 0 saturated heterocycles. The summed E-state index contributed by atoms with van der Waals surface area (Å²) in [4.78, 5) is 23.5. The van der Waals surface area contributed by atoms with Crippen molar-refractivity contribution >= 4 is 17.6 Å². The smallest absolute Gasteiger partial charge is 0.307 e. The van der Waals surface area contributed by atoms with Gasteiger partial charge < -0.3 is 10.4 Å². The third-order valence-electron chi connectivity index (χ3n) is 3.73. The third kappa shape index (κ3) is 2.97. The Labute approximate surface area is 117 Å². The summed E-state index contributed by atoms with van der Waals surface area (Å²) >= 11 is 0. The van der Waals surface area contributed by atoms with Crippen molar-refractivity contribution in [2.75, 3.05) is 5.32 Å². The highest BCUT2D eigenvalue weighted by molar-refractivity contribution is 5.96. The summed E-state index contributed by atoms with van der Waals surface area (Å²) in [5.74, 6) is -2.37. The predicted molar refractivity (Wildman–Crippen MR) is 72.9 cm³/mol. The van der Waals surface area contributed by atoms with E-state index in [0.29, 0.717) is 24.1 Å². The number of rotatable bonds is 3. The Morgan fingerprint density at radius 1 is 1.20 bits per heavy atom. The number of hydrogen-bond acceptors (Lipinski definition) is 3. The van der Waals surface area contributed by atoms with Crippen molar-refractivity contribution in [2.24, 2.45) is 11.8 Å². The van der Waals surface area contributed by atoms with E-state index in [1.165, 1.54) is 0 Å². The van der Waals surface area contributed by atoms with Crippen LogP contribution < -0.4 is 5.32 Å². The van der Waals surface area contributed by atoms with Crippen LogP contribution in [0.15, 0.2) is 24.3 Å². The molecule has 2 rings (SSSR count). The first-order valence-corrected chi connectivity index (χ1v) is 6.66. The Balaban J connectivity index is 2.14. The molecule has 0 aliphatic heterocycles. The molecular formula is C15H16N2O3. The number of carbonyl (C=O) groups excluding carboxylic acids is 1. The molecule has 1 aromatic carbocycles. The molecular weight excluding hydrogens is 256 g/mol. The van der Waals surface area contributed by atoms with Crippen molar-refractivity contribution in [1.29, 1.82) is 5.26 Å². The highest BCUT2D eigenvalue weighted by Crippen LogP contribution is 2.31. The van der Waals surface area contributed by atoms with Crippen LogP contribution in [0.5, 0.6) is 0 Å². The molecule has 20 heavy (non-hydrogen) atoms. The molecule has 2 atom stereocenters. The second kappa shape index (κ2) is 6.20. The molecule has 0 heterocycles. The topological polar surface area (TPSA) is 90.2 Å². The number of aliphatic carboxylic acids is 1. The summed E-state index contributed by atoms with van der Waals surface area (Å²) in [6, 6.07) is 8.72. The van der Waals surface area contributed by atoms with Crippen LogP contribution in [0.2, 0.25) is 0 Å². The average molecular weight is 272 g/mol. The Morgan fingerprint density at radius 3 is 2.50 bits per heavy atom. The Bertz CT molecular complexity index is 562. The minimum atomic E-state index is -0.918. The summed E-state index contributed by atoms with van der Waals surface area (Å²) in [6.07, 6.45) is 2.82. The standard InChI is InChI=1S/C15H16N2O3/c16-9-10-5-1-4-8-13(10)17-14(18)11-6-2-3-7-12(11)15(19)20/h1,4-5,8,11-12H,2-3,6-7H2,(H,17,18)(H,19,20)/t11-,12+/m1/s1. The monoisotopic (exact) mass is 272 g/mol. The van der Waals surface area contributed by atoms with Crippen LogP contribution in [0.1, 0.15) is 31.2 Å². The van der Waals surface area contributed by atoms with Gasteiger partial charge in [0.25, 0.3) is 0 Å². The minimum Gasteiger partial charge on any atom is -0.481 e. The number of benzene rings is 1. The lowest BCUT2D eigenvalue weighted by atomic mass is 9.78. The maximum absolute atomic E-state index is 12.3. The van der Waals surface area contributed by atoms with Crippen LogP contribution in [0.25, 0.3) is 0 Å². The molecule has 0 spiro atoms. The molecule has 0 aromatic heterocycles. The first kappa shape index (κ1) is 14.1. The van der Waals surface area contributed by atoms with Gasteiger partial charge in [0.15, 0.2) is 0 Å². The Kier molecular flexibility index (Phi) is 4.36. The van der Waals surface area contributed by atoms with Crippen LogP contribution in [0.4, 0.5) is 5.69 Å². The zero-order valence-corrected chi connectivity index (χ0v) is 11.0. The fraction of sp³-hybridized carbons (Fsp3) is 0.400. The number of nitrogens with one attached hydrogen (secondary N) is 1. The summed E-state index contributed by atoms with van der Waals surface area (Å²) in [7, 11) is 0. The second-order valence-electron chi connectivity index (χ2n) is 4.98. The van der Waals surface area contributed by atoms with Crippen molar-refractivity contribution in [3.63, 3.8) is 0 Å². The van der Waals surface area contributed by atoms with Crippen LogP contribution in [-0.4, -0.2) is 17.0 Å². The van der Waals surface area contributed by atoms with Gasteiger partial charge in [-0.3, -0.25) is 9.59 Å². The van der Waals surface area contributed by atoms with Crippen LogP contribution >= 0.6 is 0 Å². The highest BCUT2D eigenvalue weighted by Gasteiger charge is 2.35. The molecule has 1 aliphatic carbocycles. The normalized spacial score (nSPS) is 21.8. The maximum Gasteiger partial charge on any atom is 0.307 e. The van der Waals surface area contributed by atoms with E-state index in [-0.39, 0.29) is 5.91 Å². The predicted octanol–water partition coefficient (Wildman–Crippen LogP) is 2.39. The van der Waals surface area contributed by atoms with E-state index in [9.17, 15) is 14.7 Å². The molecule has 1 saturated carbocycles. The minimum absolute atomic E-state index is 0.306. The number of hydrogen-bond donors (Lipinski definition) is 2. The van der Waals surface area contributed by atoms with E-state index < -0.39 is 17.8 Å². The van der Waals surface area contributed by atoms with Crippen molar-refractivity contribution in [2.45, 2.75) is 25.7 Å². The molecule has 5 nitrogen and oxygen atoms in total. The van der Waals surface area contributed by atoms with Gasteiger partial charge in [-0.1, -0.05) is 25.0 Å². The molecule has 0 radical (unpaired) electrons. The highest BCUT2D eigenvalue weighted by atomic mass is 16.4. The van der Waals surface area contributed by atoms with Gasteiger partial charge in [-0.25, -0.2) is 0 Å². The summed E-state index contributed by atoms with van der Waals surface area (Å²) in [5, 5.41) is 20.9. The van der Waals surface area contributed by atoms with E-state index in [4.69, 9.17) is 5.26 Å². The molecule has 1 aromatic rings. The number of carboxylic acids is 1. The summed E-state index contributed by atoms with van der Waals surface area (Å²) < 4.78 is 0. The van der Waals surface area contributed by atoms with Crippen molar-refractivity contribution in [3.05, 3.63) is 29.8 Å². The molecule has 1 amide bonds. The van der Waals surface area contributed by atoms with Gasteiger partial charge >= 0.3 is 5.97 Å². The van der Waals surface area contributed by atoms with Crippen LogP contribution in [0.3, 0.4) is 0 Å². The van der Waals surface area contributed by atoms with E-state index in [0.717, 1.165) is 12.8 Å². The van der Waals surface area contributed by atoms with E-state index in [1.807, 2.05) is 6.07 Å². The molecule has 2 N–H and O–H groups in total.